The zero-order valence-electron chi connectivity index (χ0n) is 12.7. The average Bonchev–Trinajstić information content (AvgIpc) is 3.09. The van der Waals surface area contributed by atoms with Gasteiger partial charge in [-0.25, -0.2) is 8.42 Å². The lowest BCUT2D eigenvalue weighted by Gasteiger charge is -2.30. The number of piperidine rings is 1. The molecule has 1 aromatic carbocycles. The van der Waals surface area contributed by atoms with Crippen LogP contribution in [-0.4, -0.2) is 25.8 Å². The van der Waals surface area contributed by atoms with Gasteiger partial charge in [0, 0.05) is 18.0 Å². The molecule has 2 heterocycles. The first-order chi connectivity index (χ1) is 11.3. The summed E-state index contributed by atoms with van der Waals surface area (Å²) in [4.78, 5) is 1.16. The van der Waals surface area contributed by atoms with Crippen molar-refractivity contribution in [3.05, 3.63) is 52.2 Å². The Hall–Kier alpha value is -1.38. The van der Waals surface area contributed by atoms with Gasteiger partial charge in [0.1, 0.15) is 0 Å². The van der Waals surface area contributed by atoms with Crippen molar-refractivity contribution in [2.24, 2.45) is 0 Å². The van der Waals surface area contributed by atoms with Crippen molar-refractivity contribution in [2.45, 2.75) is 29.8 Å². The second-order valence-corrected chi connectivity index (χ2v) is 8.63. The molecule has 0 unspecified atom stereocenters. The summed E-state index contributed by atoms with van der Waals surface area (Å²) in [5, 5.41) is 2.00. The molecule has 0 bridgehead atoms. The molecular formula is C16H16F3NO2S2. The zero-order valence-corrected chi connectivity index (χ0v) is 14.3. The van der Waals surface area contributed by atoms with E-state index in [-0.39, 0.29) is 4.90 Å². The summed E-state index contributed by atoms with van der Waals surface area (Å²) in [6, 6.07) is 7.71. The molecule has 1 aliphatic heterocycles. The molecule has 1 saturated heterocycles. The highest BCUT2D eigenvalue weighted by Crippen LogP contribution is 2.34. The molecule has 0 radical (unpaired) electrons. The molecule has 1 fully saturated rings. The van der Waals surface area contributed by atoms with Crippen LogP contribution in [0.5, 0.6) is 0 Å². The number of halogens is 3. The largest absolute Gasteiger partial charge is 0.416 e. The summed E-state index contributed by atoms with van der Waals surface area (Å²) in [7, 11) is -3.75. The van der Waals surface area contributed by atoms with E-state index in [1.54, 1.807) is 11.3 Å². The van der Waals surface area contributed by atoms with E-state index in [4.69, 9.17) is 0 Å². The summed E-state index contributed by atoms with van der Waals surface area (Å²) in [6.07, 6.45) is -3.03. The van der Waals surface area contributed by atoms with Crippen molar-refractivity contribution >= 4 is 21.4 Å². The third kappa shape index (κ3) is 3.50. The quantitative estimate of drug-likeness (QED) is 0.801. The van der Waals surface area contributed by atoms with Crippen LogP contribution in [0.4, 0.5) is 13.2 Å². The van der Waals surface area contributed by atoms with E-state index in [0.717, 1.165) is 37.1 Å². The molecular weight excluding hydrogens is 359 g/mol. The molecule has 0 N–H and O–H groups in total. The van der Waals surface area contributed by atoms with Crippen LogP contribution < -0.4 is 0 Å². The highest BCUT2D eigenvalue weighted by molar-refractivity contribution is 7.89. The first-order valence-corrected chi connectivity index (χ1v) is 9.81. The Morgan fingerprint density at radius 2 is 1.67 bits per heavy atom. The van der Waals surface area contributed by atoms with Gasteiger partial charge in [-0.2, -0.15) is 17.5 Å². The maximum atomic E-state index is 12.6. The van der Waals surface area contributed by atoms with Crippen molar-refractivity contribution in [1.82, 2.24) is 4.31 Å². The van der Waals surface area contributed by atoms with Gasteiger partial charge in [0.05, 0.1) is 10.5 Å². The Morgan fingerprint density at radius 3 is 2.17 bits per heavy atom. The van der Waals surface area contributed by atoms with Crippen LogP contribution >= 0.6 is 11.3 Å². The van der Waals surface area contributed by atoms with E-state index in [1.165, 1.54) is 9.18 Å². The van der Waals surface area contributed by atoms with Gasteiger partial charge in [-0.15, -0.1) is 11.3 Å². The molecule has 2 aromatic rings. The molecule has 1 aromatic heterocycles. The van der Waals surface area contributed by atoms with E-state index >= 15 is 0 Å². The first kappa shape index (κ1) is 17.4. The predicted molar refractivity (Wildman–Crippen MR) is 86.5 cm³/mol. The smallest absolute Gasteiger partial charge is 0.207 e. The standard InChI is InChI=1S/C16H16F3NO2S2/c17-16(18,19)13-3-5-14(6-4-13)24(21,22)20-9-7-12(8-10-20)15-2-1-11-23-15/h1-6,11-12H,7-10H2. The fraction of sp³-hybridized carbons (Fsp3) is 0.375. The van der Waals surface area contributed by atoms with Crippen LogP contribution in [0.25, 0.3) is 0 Å². The van der Waals surface area contributed by atoms with Crippen LogP contribution in [0.2, 0.25) is 0 Å². The number of hydrogen-bond donors (Lipinski definition) is 0. The number of hydrogen-bond acceptors (Lipinski definition) is 3. The van der Waals surface area contributed by atoms with Gasteiger partial charge in [0.2, 0.25) is 10.0 Å². The van der Waals surface area contributed by atoms with Crippen molar-refractivity contribution in [3.8, 4) is 0 Å². The monoisotopic (exact) mass is 375 g/mol. The number of benzene rings is 1. The molecule has 24 heavy (non-hydrogen) atoms. The van der Waals surface area contributed by atoms with Gasteiger partial charge in [-0.3, -0.25) is 0 Å². The van der Waals surface area contributed by atoms with E-state index < -0.39 is 21.8 Å². The second kappa shape index (κ2) is 6.50. The van der Waals surface area contributed by atoms with Crippen LogP contribution in [0.1, 0.15) is 29.2 Å². The minimum Gasteiger partial charge on any atom is -0.207 e. The zero-order chi connectivity index (χ0) is 17.4. The SMILES string of the molecule is O=S(=O)(c1ccc(C(F)(F)F)cc1)N1CCC(c2cccs2)CC1. The van der Waals surface area contributed by atoms with Gasteiger partial charge in [0.25, 0.3) is 0 Å². The number of thiophene rings is 1. The highest BCUT2D eigenvalue weighted by Gasteiger charge is 2.33. The van der Waals surface area contributed by atoms with Crippen molar-refractivity contribution in [2.75, 3.05) is 13.1 Å². The lowest BCUT2D eigenvalue weighted by Crippen LogP contribution is -2.37. The highest BCUT2D eigenvalue weighted by atomic mass is 32.2. The van der Waals surface area contributed by atoms with Crippen LogP contribution in [0.15, 0.2) is 46.7 Å². The number of alkyl halides is 3. The Kier molecular flexibility index (Phi) is 4.72. The van der Waals surface area contributed by atoms with Crippen LogP contribution in [0.3, 0.4) is 0 Å². The minimum atomic E-state index is -4.47. The van der Waals surface area contributed by atoms with Crippen molar-refractivity contribution in [3.63, 3.8) is 0 Å². The third-order valence-corrected chi connectivity index (χ3v) is 7.17. The van der Waals surface area contributed by atoms with Crippen LogP contribution in [0, 0.1) is 0 Å². The van der Waals surface area contributed by atoms with E-state index in [1.807, 2.05) is 11.4 Å². The molecule has 8 heteroatoms. The Morgan fingerprint density at radius 1 is 1.04 bits per heavy atom. The van der Waals surface area contributed by atoms with E-state index in [9.17, 15) is 21.6 Å². The fourth-order valence-electron chi connectivity index (χ4n) is 2.87. The first-order valence-electron chi connectivity index (χ1n) is 7.49. The second-order valence-electron chi connectivity index (χ2n) is 5.72. The number of rotatable bonds is 3. The van der Waals surface area contributed by atoms with Gasteiger partial charge >= 0.3 is 6.18 Å². The summed E-state index contributed by atoms with van der Waals surface area (Å²) >= 11 is 1.66. The van der Waals surface area contributed by atoms with E-state index in [0.29, 0.717) is 19.0 Å². The lowest BCUT2D eigenvalue weighted by atomic mass is 9.97. The molecule has 3 rings (SSSR count). The number of sulfonamides is 1. The van der Waals surface area contributed by atoms with Gasteiger partial charge in [-0.1, -0.05) is 6.07 Å². The van der Waals surface area contributed by atoms with Gasteiger partial charge < -0.3 is 0 Å². The lowest BCUT2D eigenvalue weighted by molar-refractivity contribution is -0.137. The average molecular weight is 375 g/mol. The summed E-state index contributed by atoms with van der Waals surface area (Å²) < 4.78 is 64.3. The maximum absolute atomic E-state index is 12.6. The molecule has 130 valence electrons. The minimum absolute atomic E-state index is 0.0925. The molecule has 3 nitrogen and oxygen atoms in total. The van der Waals surface area contributed by atoms with Gasteiger partial charge in [0.15, 0.2) is 0 Å². The van der Waals surface area contributed by atoms with Crippen molar-refractivity contribution in [1.29, 1.82) is 0 Å². The molecule has 0 aliphatic carbocycles. The Labute approximate surface area is 142 Å². The topological polar surface area (TPSA) is 37.4 Å². The molecule has 0 atom stereocenters. The van der Waals surface area contributed by atoms with Crippen molar-refractivity contribution < 1.29 is 21.6 Å². The number of nitrogens with zero attached hydrogens (tertiary/aromatic N) is 1. The molecule has 1 aliphatic rings. The Balaban J connectivity index is 1.72. The Bertz CT molecular complexity index is 776. The van der Waals surface area contributed by atoms with Gasteiger partial charge in [-0.05, 0) is 54.5 Å². The summed E-state index contributed by atoms with van der Waals surface area (Å²) in [5.74, 6) is 0.351. The van der Waals surface area contributed by atoms with E-state index in [2.05, 4.69) is 6.07 Å². The summed E-state index contributed by atoms with van der Waals surface area (Å²) in [6.45, 7) is 0.762. The summed E-state index contributed by atoms with van der Waals surface area (Å²) in [5.41, 5.74) is -0.849. The fourth-order valence-corrected chi connectivity index (χ4v) is 5.24. The van der Waals surface area contributed by atoms with Crippen LogP contribution in [-0.2, 0) is 16.2 Å². The third-order valence-electron chi connectivity index (χ3n) is 4.22. The maximum Gasteiger partial charge on any atom is 0.416 e. The molecule has 0 spiro atoms. The predicted octanol–water partition coefficient (Wildman–Crippen LogP) is 4.34. The normalized spacial score (nSPS) is 18.0. The molecule has 0 amide bonds. The molecule has 0 saturated carbocycles.